The summed E-state index contributed by atoms with van der Waals surface area (Å²) < 4.78 is 35.2. The highest BCUT2D eigenvalue weighted by Gasteiger charge is 2.20. The molecule has 0 saturated heterocycles. The number of fused-ring (bicyclic) bond motifs is 5. The van der Waals surface area contributed by atoms with E-state index in [1.54, 1.807) is 10.6 Å². The van der Waals surface area contributed by atoms with Crippen molar-refractivity contribution in [3.8, 4) is 0 Å². The molecule has 7 heteroatoms. The second kappa shape index (κ2) is 6.92. The molecule has 150 valence electrons. The summed E-state index contributed by atoms with van der Waals surface area (Å²) in [4.78, 5) is 17.1. The van der Waals surface area contributed by atoms with E-state index in [4.69, 9.17) is 16.0 Å². The van der Waals surface area contributed by atoms with Crippen LogP contribution in [-0.2, 0) is 13.0 Å². The van der Waals surface area contributed by atoms with Crippen molar-refractivity contribution in [1.82, 2.24) is 9.55 Å². The first-order valence-corrected chi connectivity index (χ1v) is 9.81. The lowest BCUT2D eigenvalue weighted by atomic mass is 10.1. The molecule has 0 N–H and O–H groups in total. The average Bonchev–Trinajstić information content (AvgIpc) is 3.05. The Morgan fingerprint density at radius 2 is 1.93 bits per heavy atom. The van der Waals surface area contributed by atoms with Gasteiger partial charge in [0, 0.05) is 33.4 Å². The number of hydrogen-bond acceptors (Lipinski definition) is 3. The van der Waals surface area contributed by atoms with Crippen molar-refractivity contribution in [2.24, 2.45) is 0 Å². The van der Waals surface area contributed by atoms with Crippen LogP contribution in [0, 0.1) is 11.6 Å². The number of pyridine rings is 1. The molecule has 0 aliphatic carbocycles. The smallest absolute Gasteiger partial charge is 0.362 e. The molecule has 0 fully saturated rings. The number of aryl methyl sites for hydroxylation is 1. The van der Waals surface area contributed by atoms with Crippen LogP contribution in [0.15, 0.2) is 57.9 Å². The average molecular weight is 425 g/mol. The predicted molar refractivity (Wildman–Crippen MR) is 113 cm³/mol. The van der Waals surface area contributed by atoms with Gasteiger partial charge in [0.25, 0.3) is 0 Å². The van der Waals surface area contributed by atoms with Crippen LogP contribution in [0.25, 0.3) is 32.9 Å². The molecule has 0 unspecified atom stereocenters. The van der Waals surface area contributed by atoms with Crippen molar-refractivity contribution in [3.63, 3.8) is 0 Å². The highest BCUT2D eigenvalue weighted by Crippen LogP contribution is 2.34. The minimum Gasteiger partial charge on any atom is -0.402 e. The van der Waals surface area contributed by atoms with Gasteiger partial charge in [0.2, 0.25) is 5.71 Å². The number of benzene rings is 2. The molecule has 0 saturated carbocycles. The lowest BCUT2D eigenvalue weighted by Gasteiger charge is -2.09. The number of nitrogens with zero attached hydrogens (tertiary/aromatic N) is 2. The van der Waals surface area contributed by atoms with E-state index in [1.165, 1.54) is 6.20 Å². The second-order valence-corrected chi connectivity index (χ2v) is 7.58. The van der Waals surface area contributed by atoms with E-state index < -0.39 is 17.3 Å². The molecule has 4 nitrogen and oxygen atoms in total. The quantitative estimate of drug-likeness (QED) is 0.365. The molecule has 0 radical (unpaired) electrons. The number of aromatic nitrogens is 2. The van der Waals surface area contributed by atoms with Crippen LogP contribution in [-0.4, -0.2) is 9.55 Å². The molecule has 3 heterocycles. The second-order valence-electron chi connectivity index (χ2n) is 7.15. The van der Waals surface area contributed by atoms with Gasteiger partial charge in [-0.25, -0.2) is 18.6 Å². The standard InChI is InChI=1S/C23H15ClF2N2O2/c1-2-12-3-6-19-16(7-12)20-17-9-14(24)10-27-22(17)30-23(29)21(20)28(19)11-13-8-15(25)4-5-18(13)26/h3-10H,2,11H2,1H3. The van der Waals surface area contributed by atoms with Crippen molar-refractivity contribution >= 4 is 44.5 Å². The molecular weight excluding hydrogens is 410 g/mol. The zero-order chi connectivity index (χ0) is 21.0. The first-order valence-electron chi connectivity index (χ1n) is 9.43. The normalized spacial score (nSPS) is 11.7. The van der Waals surface area contributed by atoms with Crippen molar-refractivity contribution in [2.45, 2.75) is 19.9 Å². The molecule has 0 aliphatic rings. The molecule has 5 rings (SSSR count). The Balaban J connectivity index is 1.94. The fourth-order valence-electron chi connectivity index (χ4n) is 3.93. The van der Waals surface area contributed by atoms with Crippen LogP contribution in [0.3, 0.4) is 0 Å². The van der Waals surface area contributed by atoms with Gasteiger partial charge < -0.3 is 8.98 Å². The van der Waals surface area contributed by atoms with Crippen molar-refractivity contribution in [2.75, 3.05) is 0 Å². The van der Waals surface area contributed by atoms with Gasteiger partial charge >= 0.3 is 5.63 Å². The molecule has 30 heavy (non-hydrogen) atoms. The first-order chi connectivity index (χ1) is 14.5. The van der Waals surface area contributed by atoms with Gasteiger partial charge in [-0.2, -0.15) is 0 Å². The van der Waals surface area contributed by atoms with E-state index in [0.717, 1.165) is 35.6 Å². The Hall–Kier alpha value is -3.25. The third kappa shape index (κ3) is 2.87. The van der Waals surface area contributed by atoms with Gasteiger partial charge in [0.1, 0.15) is 17.2 Å². The van der Waals surface area contributed by atoms with Crippen LogP contribution < -0.4 is 5.63 Å². The largest absolute Gasteiger partial charge is 0.402 e. The van der Waals surface area contributed by atoms with Crippen LogP contribution in [0.5, 0.6) is 0 Å². The molecule has 0 bridgehead atoms. The maximum absolute atomic E-state index is 14.4. The van der Waals surface area contributed by atoms with Crippen LogP contribution in [0.4, 0.5) is 8.78 Å². The maximum atomic E-state index is 14.4. The Morgan fingerprint density at radius 3 is 2.73 bits per heavy atom. The van der Waals surface area contributed by atoms with Gasteiger partial charge in [-0.05, 0) is 48.4 Å². The molecule has 0 aliphatic heterocycles. The van der Waals surface area contributed by atoms with Gasteiger partial charge in [-0.3, -0.25) is 0 Å². The highest BCUT2D eigenvalue weighted by atomic mass is 35.5. The minimum atomic E-state index is -0.599. The first kappa shape index (κ1) is 18.8. The van der Waals surface area contributed by atoms with E-state index in [2.05, 4.69) is 4.98 Å². The zero-order valence-electron chi connectivity index (χ0n) is 15.9. The summed E-state index contributed by atoms with van der Waals surface area (Å²) in [5, 5.41) is 2.44. The molecular formula is C23H15ClF2N2O2. The molecule has 2 aromatic carbocycles. The van der Waals surface area contributed by atoms with Crippen LogP contribution >= 0.6 is 11.6 Å². The Morgan fingerprint density at radius 1 is 1.10 bits per heavy atom. The minimum absolute atomic E-state index is 0.0284. The highest BCUT2D eigenvalue weighted by molar-refractivity contribution is 6.32. The van der Waals surface area contributed by atoms with E-state index in [0.29, 0.717) is 21.3 Å². The van der Waals surface area contributed by atoms with Crippen molar-refractivity contribution < 1.29 is 13.2 Å². The fourth-order valence-corrected chi connectivity index (χ4v) is 4.09. The van der Waals surface area contributed by atoms with Gasteiger partial charge in [-0.1, -0.05) is 24.6 Å². The number of rotatable bonds is 3. The third-order valence-electron chi connectivity index (χ3n) is 5.34. The summed E-state index contributed by atoms with van der Waals surface area (Å²) in [7, 11) is 0. The van der Waals surface area contributed by atoms with E-state index >= 15 is 0 Å². The molecule has 0 spiro atoms. The van der Waals surface area contributed by atoms with Crippen molar-refractivity contribution in [1.29, 1.82) is 0 Å². The third-order valence-corrected chi connectivity index (χ3v) is 5.55. The Bertz CT molecular complexity index is 1520. The summed E-state index contributed by atoms with van der Waals surface area (Å²) in [5.74, 6) is -1.10. The maximum Gasteiger partial charge on any atom is 0.362 e. The SMILES string of the molecule is CCc1ccc2c(c1)c1c3cc(Cl)cnc3oc(=O)c1n2Cc1cc(F)ccc1F. The number of hydrogen-bond donors (Lipinski definition) is 0. The zero-order valence-corrected chi connectivity index (χ0v) is 16.6. The van der Waals surface area contributed by atoms with E-state index in [-0.39, 0.29) is 23.3 Å². The molecule has 0 atom stereocenters. The van der Waals surface area contributed by atoms with Gasteiger partial charge in [0.15, 0.2) is 0 Å². The molecule has 0 amide bonds. The summed E-state index contributed by atoms with van der Waals surface area (Å²) in [6, 6.07) is 10.8. The lowest BCUT2D eigenvalue weighted by molar-refractivity contribution is 0.551. The number of halogens is 3. The Kier molecular flexibility index (Phi) is 4.33. The van der Waals surface area contributed by atoms with Gasteiger partial charge in [-0.15, -0.1) is 0 Å². The summed E-state index contributed by atoms with van der Waals surface area (Å²) in [5.41, 5.74) is 1.77. The topological polar surface area (TPSA) is 48.0 Å². The fraction of sp³-hybridized carbons (Fsp3) is 0.130. The predicted octanol–water partition coefficient (Wildman–Crippen LogP) is 5.84. The van der Waals surface area contributed by atoms with Crippen LogP contribution in [0.1, 0.15) is 18.1 Å². The summed E-state index contributed by atoms with van der Waals surface area (Å²) in [6.07, 6.45) is 2.22. The molecule has 3 aromatic heterocycles. The van der Waals surface area contributed by atoms with Crippen LogP contribution in [0.2, 0.25) is 5.02 Å². The lowest BCUT2D eigenvalue weighted by Crippen LogP contribution is -2.09. The van der Waals surface area contributed by atoms with E-state index in [9.17, 15) is 13.6 Å². The molecule has 5 aromatic rings. The summed E-state index contributed by atoms with van der Waals surface area (Å²) in [6.45, 7) is 2.01. The summed E-state index contributed by atoms with van der Waals surface area (Å²) >= 11 is 6.16. The van der Waals surface area contributed by atoms with Gasteiger partial charge in [0.05, 0.1) is 11.6 Å². The monoisotopic (exact) mass is 424 g/mol. The van der Waals surface area contributed by atoms with E-state index in [1.807, 2.05) is 25.1 Å². The van der Waals surface area contributed by atoms with Crippen molar-refractivity contribution in [3.05, 3.63) is 86.9 Å². The Labute approximate surface area is 174 Å².